The molecule has 0 saturated carbocycles. The third-order valence-electron chi connectivity index (χ3n) is 2.69. The molecule has 5 heteroatoms. The topological polar surface area (TPSA) is 86.8 Å². The predicted molar refractivity (Wildman–Crippen MR) is 65.8 cm³/mol. The number of hydrogen-bond donors (Lipinski definition) is 3. The van der Waals surface area contributed by atoms with Gasteiger partial charge in [0.15, 0.2) is 5.75 Å². The van der Waals surface area contributed by atoms with Crippen LogP contribution in [-0.2, 0) is 0 Å². The number of phenolic OH excluding ortho intramolecular Hbond substituents is 1. The number of anilines is 1. The van der Waals surface area contributed by atoms with Crippen molar-refractivity contribution < 1.29 is 15.0 Å². The molecule has 17 heavy (non-hydrogen) atoms. The SMILES string of the molecule is CO.Nc1cccc(C(=O)N2CCCC2)c1O. The highest BCUT2D eigenvalue weighted by Gasteiger charge is 2.22. The van der Waals surface area contributed by atoms with E-state index in [1.807, 2.05) is 0 Å². The maximum atomic E-state index is 11.9. The zero-order chi connectivity index (χ0) is 12.8. The monoisotopic (exact) mass is 238 g/mol. The molecule has 0 atom stereocenters. The summed E-state index contributed by atoms with van der Waals surface area (Å²) in [4.78, 5) is 13.7. The van der Waals surface area contributed by atoms with Crippen molar-refractivity contribution in [2.24, 2.45) is 0 Å². The summed E-state index contributed by atoms with van der Waals surface area (Å²) in [6, 6.07) is 4.86. The fraction of sp³-hybridized carbons (Fsp3) is 0.417. The smallest absolute Gasteiger partial charge is 0.257 e. The Morgan fingerprint density at radius 1 is 1.29 bits per heavy atom. The number of para-hydroxylation sites is 1. The maximum Gasteiger partial charge on any atom is 0.257 e. The Morgan fingerprint density at radius 2 is 1.88 bits per heavy atom. The summed E-state index contributed by atoms with van der Waals surface area (Å²) in [6.45, 7) is 1.54. The Hall–Kier alpha value is -1.75. The number of hydrogen-bond acceptors (Lipinski definition) is 4. The highest BCUT2D eigenvalue weighted by atomic mass is 16.3. The van der Waals surface area contributed by atoms with E-state index in [9.17, 15) is 9.90 Å². The molecule has 1 heterocycles. The van der Waals surface area contributed by atoms with Crippen LogP contribution in [0.2, 0.25) is 0 Å². The van der Waals surface area contributed by atoms with Gasteiger partial charge in [0.25, 0.3) is 5.91 Å². The van der Waals surface area contributed by atoms with Gasteiger partial charge in [-0.1, -0.05) is 6.07 Å². The van der Waals surface area contributed by atoms with Crippen LogP contribution in [0.25, 0.3) is 0 Å². The third kappa shape index (κ3) is 2.88. The first-order valence-electron chi connectivity index (χ1n) is 5.51. The van der Waals surface area contributed by atoms with Gasteiger partial charge in [0.1, 0.15) is 0 Å². The second-order valence-electron chi connectivity index (χ2n) is 3.74. The van der Waals surface area contributed by atoms with Crippen LogP contribution in [-0.4, -0.2) is 41.2 Å². The first kappa shape index (κ1) is 13.3. The number of likely N-dealkylation sites (tertiary alicyclic amines) is 1. The molecule has 1 saturated heterocycles. The van der Waals surface area contributed by atoms with Crippen molar-refractivity contribution in [2.45, 2.75) is 12.8 Å². The molecule has 4 N–H and O–H groups in total. The molecule has 1 fully saturated rings. The number of phenols is 1. The van der Waals surface area contributed by atoms with E-state index in [0.29, 0.717) is 5.56 Å². The third-order valence-corrected chi connectivity index (χ3v) is 2.69. The molecule has 1 aliphatic rings. The Balaban J connectivity index is 0.000000686. The first-order chi connectivity index (χ1) is 8.20. The summed E-state index contributed by atoms with van der Waals surface area (Å²) in [5.41, 5.74) is 6.09. The Bertz CT molecular complexity index is 387. The van der Waals surface area contributed by atoms with E-state index in [1.165, 1.54) is 0 Å². The molecule has 5 nitrogen and oxygen atoms in total. The van der Waals surface area contributed by atoms with Crippen molar-refractivity contribution in [3.8, 4) is 5.75 Å². The molecule has 1 amide bonds. The Kier molecular flexibility index (Phi) is 4.78. The lowest BCUT2D eigenvalue weighted by Gasteiger charge is -2.16. The fourth-order valence-corrected chi connectivity index (χ4v) is 1.82. The van der Waals surface area contributed by atoms with E-state index >= 15 is 0 Å². The van der Waals surface area contributed by atoms with Gasteiger partial charge < -0.3 is 20.8 Å². The maximum absolute atomic E-state index is 11.9. The fourth-order valence-electron chi connectivity index (χ4n) is 1.82. The van der Waals surface area contributed by atoms with Crippen LogP contribution in [0.5, 0.6) is 5.75 Å². The van der Waals surface area contributed by atoms with Crippen LogP contribution in [0.3, 0.4) is 0 Å². The molecular formula is C12H18N2O3. The van der Waals surface area contributed by atoms with Crippen LogP contribution >= 0.6 is 0 Å². The number of benzene rings is 1. The summed E-state index contributed by atoms with van der Waals surface area (Å²) >= 11 is 0. The summed E-state index contributed by atoms with van der Waals surface area (Å²) in [6.07, 6.45) is 2.07. The van der Waals surface area contributed by atoms with Crippen LogP contribution in [0, 0.1) is 0 Å². The number of aliphatic hydroxyl groups excluding tert-OH is 1. The van der Waals surface area contributed by atoms with Crippen molar-refractivity contribution in [3.05, 3.63) is 23.8 Å². The van der Waals surface area contributed by atoms with E-state index in [2.05, 4.69) is 0 Å². The molecule has 0 radical (unpaired) electrons. The zero-order valence-electron chi connectivity index (χ0n) is 9.89. The molecule has 0 spiro atoms. The number of nitrogen functional groups attached to an aromatic ring is 1. The number of aromatic hydroxyl groups is 1. The summed E-state index contributed by atoms with van der Waals surface area (Å²) < 4.78 is 0. The lowest BCUT2D eigenvalue weighted by molar-refractivity contribution is 0.0790. The molecule has 1 aromatic carbocycles. The standard InChI is InChI=1S/C11H14N2O2.CH4O/c12-9-5-3-4-8(10(9)14)11(15)13-6-1-2-7-13;1-2/h3-5,14H,1-2,6-7,12H2;2H,1H3. The molecular weight excluding hydrogens is 220 g/mol. The number of rotatable bonds is 1. The van der Waals surface area contributed by atoms with Crippen LogP contribution in [0.1, 0.15) is 23.2 Å². The van der Waals surface area contributed by atoms with Gasteiger partial charge in [-0.2, -0.15) is 0 Å². The van der Waals surface area contributed by atoms with E-state index in [0.717, 1.165) is 33.0 Å². The second-order valence-corrected chi connectivity index (χ2v) is 3.74. The molecule has 0 bridgehead atoms. The normalized spacial score (nSPS) is 14.1. The lowest BCUT2D eigenvalue weighted by atomic mass is 10.1. The number of amides is 1. The van der Waals surface area contributed by atoms with E-state index < -0.39 is 0 Å². The number of nitrogens with zero attached hydrogens (tertiary/aromatic N) is 1. The molecule has 0 aromatic heterocycles. The molecule has 2 rings (SSSR count). The largest absolute Gasteiger partial charge is 0.505 e. The second kappa shape index (κ2) is 6.10. The van der Waals surface area contributed by atoms with Gasteiger partial charge in [0, 0.05) is 20.2 Å². The molecule has 0 unspecified atom stereocenters. The van der Waals surface area contributed by atoms with Crippen molar-refractivity contribution in [2.75, 3.05) is 25.9 Å². The molecule has 0 aliphatic carbocycles. The van der Waals surface area contributed by atoms with E-state index in [4.69, 9.17) is 10.8 Å². The van der Waals surface area contributed by atoms with Crippen LogP contribution in [0.4, 0.5) is 5.69 Å². The summed E-state index contributed by atoms with van der Waals surface area (Å²) in [5, 5.41) is 16.7. The van der Waals surface area contributed by atoms with Gasteiger partial charge in [-0.3, -0.25) is 4.79 Å². The highest BCUT2D eigenvalue weighted by molar-refractivity contribution is 5.98. The van der Waals surface area contributed by atoms with Gasteiger partial charge in [-0.15, -0.1) is 0 Å². The zero-order valence-corrected chi connectivity index (χ0v) is 9.89. The van der Waals surface area contributed by atoms with Crippen molar-refractivity contribution in [1.82, 2.24) is 4.90 Å². The van der Waals surface area contributed by atoms with E-state index in [1.54, 1.807) is 23.1 Å². The minimum atomic E-state index is -0.127. The predicted octanol–water partition coefficient (Wildman–Crippen LogP) is 0.819. The van der Waals surface area contributed by atoms with Gasteiger partial charge in [-0.25, -0.2) is 0 Å². The molecule has 94 valence electrons. The van der Waals surface area contributed by atoms with Gasteiger partial charge in [-0.05, 0) is 25.0 Å². The highest BCUT2D eigenvalue weighted by Crippen LogP contribution is 2.26. The van der Waals surface area contributed by atoms with Crippen molar-refractivity contribution in [1.29, 1.82) is 0 Å². The summed E-state index contributed by atoms with van der Waals surface area (Å²) in [7, 11) is 1.00. The minimum Gasteiger partial charge on any atom is -0.505 e. The number of carbonyl (C=O) groups excluding carboxylic acids is 1. The molecule has 1 aliphatic heterocycles. The number of nitrogens with two attached hydrogens (primary N) is 1. The number of carbonyl (C=O) groups is 1. The quantitative estimate of drug-likeness (QED) is 0.499. The Morgan fingerprint density at radius 3 is 2.47 bits per heavy atom. The average Bonchev–Trinajstić information content (AvgIpc) is 2.88. The van der Waals surface area contributed by atoms with Gasteiger partial charge in [0.05, 0.1) is 11.3 Å². The van der Waals surface area contributed by atoms with Crippen molar-refractivity contribution >= 4 is 11.6 Å². The molecule has 1 aromatic rings. The van der Waals surface area contributed by atoms with E-state index in [-0.39, 0.29) is 17.3 Å². The van der Waals surface area contributed by atoms with Crippen LogP contribution in [0.15, 0.2) is 18.2 Å². The minimum absolute atomic E-state index is 0.102. The number of aliphatic hydroxyl groups is 1. The van der Waals surface area contributed by atoms with Gasteiger partial charge in [0.2, 0.25) is 0 Å². The Labute approximate surface area is 100 Å². The average molecular weight is 238 g/mol. The lowest BCUT2D eigenvalue weighted by Crippen LogP contribution is -2.27. The van der Waals surface area contributed by atoms with Crippen LogP contribution < -0.4 is 5.73 Å². The first-order valence-corrected chi connectivity index (χ1v) is 5.51. The van der Waals surface area contributed by atoms with Gasteiger partial charge >= 0.3 is 0 Å². The summed E-state index contributed by atoms with van der Waals surface area (Å²) in [5.74, 6) is -0.230. The van der Waals surface area contributed by atoms with Crippen molar-refractivity contribution in [3.63, 3.8) is 0 Å².